The third kappa shape index (κ3) is 4.23. The van der Waals surface area contributed by atoms with E-state index in [1.54, 1.807) is 17.3 Å². The lowest BCUT2D eigenvalue weighted by Gasteiger charge is -2.55. The van der Waals surface area contributed by atoms with Gasteiger partial charge in [-0.15, -0.1) is 11.8 Å². The number of hydrogen-bond donors (Lipinski definition) is 1. The van der Waals surface area contributed by atoms with E-state index in [0.717, 1.165) is 17.7 Å². The Bertz CT molecular complexity index is 1020. The molecule has 0 spiro atoms. The van der Waals surface area contributed by atoms with Crippen molar-refractivity contribution in [1.82, 2.24) is 5.32 Å². The Kier molecular flexibility index (Phi) is 6.71. The zero-order valence-electron chi connectivity index (χ0n) is 20.1. The molecule has 1 fully saturated rings. The highest BCUT2D eigenvalue weighted by atomic mass is 35.5. The van der Waals surface area contributed by atoms with Gasteiger partial charge in [0.1, 0.15) is 0 Å². The summed E-state index contributed by atoms with van der Waals surface area (Å²) in [5.41, 5.74) is 5.37. The molecule has 2 aliphatic rings. The molecule has 3 atom stereocenters. The second-order valence-corrected chi connectivity index (χ2v) is 11.9. The maximum absolute atomic E-state index is 13.1. The van der Waals surface area contributed by atoms with E-state index in [9.17, 15) is 4.79 Å². The van der Waals surface area contributed by atoms with Gasteiger partial charge in [0.05, 0.1) is 10.6 Å². The second kappa shape index (κ2) is 9.06. The molecule has 2 aromatic rings. The van der Waals surface area contributed by atoms with E-state index in [4.69, 9.17) is 11.6 Å². The van der Waals surface area contributed by atoms with Gasteiger partial charge < -0.3 is 5.32 Å². The lowest BCUT2D eigenvalue weighted by atomic mass is 9.49. The van der Waals surface area contributed by atoms with Crippen molar-refractivity contribution in [2.75, 3.05) is 12.8 Å². The average molecular weight is 470 g/mol. The molecule has 2 nitrogen and oxygen atoms in total. The zero-order valence-corrected chi connectivity index (χ0v) is 21.6. The zero-order chi connectivity index (χ0) is 23.1. The van der Waals surface area contributed by atoms with E-state index in [2.05, 4.69) is 51.2 Å². The van der Waals surface area contributed by atoms with Crippen LogP contribution in [0.2, 0.25) is 5.02 Å². The minimum absolute atomic E-state index is 0.0577. The number of amides is 1. The molecule has 0 unspecified atom stereocenters. The SMILES string of the molecule is CSc1ccc(Cl)c(C(=O)NC[C@]2(C)CCC[C@]3(C)c4cc(C(C)C)ccc4CC[C@@H]23)c1. The number of thioether (sulfide) groups is 1. The molecule has 32 heavy (non-hydrogen) atoms. The van der Waals surface area contributed by atoms with Gasteiger partial charge in [-0.25, -0.2) is 0 Å². The minimum atomic E-state index is -0.0577. The number of carbonyl (C=O) groups is 1. The molecular formula is C28H36ClNOS. The number of rotatable bonds is 5. The number of benzene rings is 2. The van der Waals surface area contributed by atoms with Crippen LogP contribution in [0, 0.1) is 11.3 Å². The smallest absolute Gasteiger partial charge is 0.252 e. The van der Waals surface area contributed by atoms with Crippen molar-refractivity contribution in [1.29, 1.82) is 0 Å². The van der Waals surface area contributed by atoms with E-state index in [1.165, 1.54) is 30.4 Å². The normalized spacial score (nSPS) is 27.0. The van der Waals surface area contributed by atoms with Crippen LogP contribution in [0.1, 0.15) is 86.3 Å². The van der Waals surface area contributed by atoms with E-state index in [-0.39, 0.29) is 16.7 Å². The van der Waals surface area contributed by atoms with Gasteiger partial charge in [0.2, 0.25) is 0 Å². The van der Waals surface area contributed by atoms with E-state index in [1.807, 2.05) is 24.5 Å². The summed E-state index contributed by atoms with van der Waals surface area (Å²) in [5, 5.41) is 3.79. The first-order valence-electron chi connectivity index (χ1n) is 11.9. The molecule has 0 bridgehead atoms. The lowest BCUT2D eigenvalue weighted by Crippen LogP contribution is -2.53. The van der Waals surface area contributed by atoms with Crippen LogP contribution in [0.15, 0.2) is 41.3 Å². The third-order valence-electron chi connectivity index (χ3n) is 8.24. The second-order valence-electron chi connectivity index (χ2n) is 10.6. The van der Waals surface area contributed by atoms with Gasteiger partial charge in [0.25, 0.3) is 5.91 Å². The van der Waals surface area contributed by atoms with Crippen LogP contribution in [-0.2, 0) is 11.8 Å². The Hall–Kier alpha value is -1.45. The number of hydrogen-bond acceptors (Lipinski definition) is 2. The number of aryl methyl sites for hydroxylation is 1. The Morgan fingerprint density at radius 2 is 1.97 bits per heavy atom. The quantitative estimate of drug-likeness (QED) is 0.456. The molecule has 0 saturated heterocycles. The first kappa shape index (κ1) is 23.7. The van der Waals surface area contributed by atoms with Gasteiger partial charge in [0.15, 0.2) is 0 Å². The Morgan fingerprint density at radius 3 is 2.69 bits per heavy atom. The standard InChI is InChI=1S/C28H36ClNOS/c1-18(2)20-8-7-19-9-12-25-27(3,13-6-14-28(25,4)23(19)15-20)17-30-26(31)22-16-21(32-5)10-11-24(22)29/h7-8,10-11,15-16,18,25H,6,9,12-14,17H2,1-5H3,(H,30,31)/t25-,27-,28+/m0/s1. The van der Waals surface area contributed by atoms with E-state index in [0.29, 0.717) is 29.0 Å². The highest BCUT2D eigenvalue weighted by Crippen LogP contribution is 2.57. The fourth-order valence-corrected chi connectivity index (χ4v) is 7.01. The van der Waals surface area contributed by atoms with Crippen LogP contribution in [-0.4, -0.2) is 18.7 Å². The Morgan fingerprint density at radius 1 is 1.19 bits per heavy atom. The highest BCUT2D eigenvalue weighted by Gasteiger charge is 2.51. The molecule has 4 rings (SSSR count). The maximum Gasteiger partial charge on any atom is 0.252 e. The van der Waals surface area contributed by atoms with Crippen LogP contribution in [0.4, 0.5) is 0 Å². The summed E-state index contributed by atoms with van der Waals surface area (Å²) in [6.07, 6.45) is 7.94. The summed E-state index contributed by atoms with van der Waals surface area (Å²) in [7, 11) is 0. The number of nitrogens with one attached hydrogen (secondary N) is 1. The summed E-state index contributed by atoms with van der Waals surface area (Å²) in [4.78, 5) is 14.1. The van der Waals surface area contributed by atoms with Crippen molar-refractivity contribution in [2.45, 2.75) is 76.0 Å². The maximum atomic E-state index is 13.1. The summed E-state index contributed by atoms with van der Waals surface area (Å²) in [6.45, 7) is 10.1. The van der Waals surface area contributed by atoms with Crippen LogP contribution in [0.25, 0.3) is 0 Å². The van der Waals surface area contributed by atoms with Crippen molar-refractivity contribution >= 4 is 29.3 Å². The molecule has 1 amide bonds. The van der Waals surface area contributed by atoms with E-state index < -0.39 is 0 Å². The molecule has 0 aliphatic heterocycles. The molecule has 0 aromatic heterocycles. The predicted octanol–water partition coefficient (Wildman–Crippen LogP) is 7.63. The molecule has 4 heteroatoms. The first-order chi connectivity index (χ1) is 15.2. The topological polar surface area (TPSA) is 29.1 Å². The summed E-state index contributed by atoms with van der Waals surface area (Å²) >= 11 is 7.99. The summed E-state index contributed by atoms with van der Waals surface area (Å²) in [6, 6.07) is 12.9. The van der Waals surface area contributed by atoms with Gasteiger partial charge in [-0.1, -0.05) is 63.9 Å². The van der Waals surface area contributed by atoms with Crippen molar-refractivity contribution < 1.29 is 4.79 Å². The van der Waals surface area contributed by atoms with Gasteiger partial charge in [0, 0.05) is 11.4 Å². The van der Waals surface area contributed by atoms with Gasteiger partial charge in [-0.3, -0.25) is 4.79 Å². The minimum Gasteiger partial charge on any atom is -0.351 e. The molecule has 0 radical (unpaired) electrons. The third-order valence-corrected chi connectivity index (χ3v) is 9.30. The number of carbonyl (C=O) groups excluding carboxylic acids is 1. The van der Waals surface area contributed by atoms with Crippen molar-refractivity contribution in [2.24, 2.45) is 11.3 Å². The molecule has 0 heterocycles. The van der Waals surface area contributed by atoms with Crippen LogP contribution >= 0.6 is 23.4 Å². The molecule has 172 valence electrons. The largest absolute Gasteiger partial charge is 0.351 e. The predicted molar refractivity (Wildman–Crippen MR) is 137 cm³/mol. The number of fused-ring (bicyclic) bond motifs is 3. The van der Waals surface area contributed by atoms with Gasteiger partial charge in [-0.2, -0.15) is 0 Å². The Labute approximate surface area is 202 Å². The van der Waals surface area contributed by atoms with Crippen molar-refractivity contribution in [3.05, 3.63) is 63.7 Å². The van der Waals surface area contributed by atoms with E-state index >= 15 is 0 Å². The van der Waals surface area contributed by atoms with Crippen LogP contribution in [0.5, 0.6) is 0 Å². The summed E-state index contributed by atoms with van der Waals surface area (Å²) < 4.78 is 0. The monoisotopic (exact) mass is 469 g/mol. The summed E-state index contributed by atoms with van der Waals surface area (Å²) in [5.74, 6) is 1.05. The molecule has 2 aliphatic carbocycles. The molecular weight excluding hydrogens is 434 g/mol. The molecule has 2 aromatic carbocycles. The Balaban J connectivity index is 1.58. The molecule has 1 saturated carbocycles. The fourth-order valence-electron chi connectivity index (χ4n) is 6.36. The van der Waals surface area contributed by atoms with Crippen LogP contribution in [0.3, 0.4) is 0 Å². The highest BCUT2D eigenvalue weighted by molar-refractivity contribution is 7.98. The lowest BCUT2D eigenvalue weighted by molar-refractivity contribution is 0.0254. The van der Waals surface area contributed by atoms with Crippen molar-refractivity contribution in [3.8, 4) is 0 Å². The van der Waals surface area contributed by atoms with Crippen molar-refractivity contribution in [3.63, 3.8) is 0 Å². The number of halogens is 1. The average Bonchev–Trinajstić information content (AvgIpc) is 2.77. The fraction of sp³-hybridized carbons (Fsp3) is 0.536. The molecule has 1 N–H and O–H groups in total. The first-order valence-corrected chi connectivity index (χ1v) is 13.5. The van der Waals surface area contributed by atoms with Gasteiger partial charge in [-0.05, 0) is 89.5 Å². The van der Waals surface area contributed by atoms with Gasteiger partial charge >= 0.3 is 0 Å². The van der Waals surface area contributed by atoms with Crippen LogP contribution < -0.4 is 5.32 Å².